The Balaban J connectivity index is 1.60. The van der Waals surface area contributed by atoms with Gasteiger partial charge in [-0.15, -0.1) is 0 Å². The average Bonchev–Trinajstić information content (AvgIpc) is 3.04. The summed E-state index contributed by atoms with van der Waals surface area (Å²) in [5.74, 6) is 1.78. The number of aryl methyl sites for hydroxylation is 1. The zero-order valence-corrected chi connectivity index (χ0v) is 15.3. The van der Waals surface area contributed by atoms with Crippen LogP contribution < -0.4 is 5.32 Å². The molecule has 0 bridgehead atoms. The first kappa shape index (κ1) is 18.3. The number of morpholine rings is 1. The Hall–Kier alpha value is -2.48. The number of aromatic nitrogens is 2. The molecule has 1 aromatic carbocycles. The van der Waals surface area contributed by atoms with Gasteiger partial charge in [-0.25, -0.2) is 4.39 Å². The van der Waals surface area contributed by atoms with Crippen molar-refractivity contribution in [2.45, 2.75) is 32.5 Å². The minimum absolute atomic E-state index is 0.0379. The van der Waals surface area contributed by atoms with Crippen molar-refractivity contribution < 1.29 is 13.7 Å². The normalized spacial score (nSPS) is 21.1. The van der Waals surface area contributed by atoms with Crippen LogP contribution in [0.3, 0.4) is 0 Å². The topological polar surface area (TPSA) is 75.8 Å². The van der Waals surface area contributed by atoms with Gasteiger partial charge in [0.25, 0.3) is 0 Å². The summed E-state index contributed by atoms with van der Waals surface area (Å²) in [6.07, 6.45) is 0.536. The van der Waals surface area contributed by atoms with Crippen LogP contribution in [0.1, 0.15) is 30.3 Å². The lowest BCUT2D eigenvalue weighted by Crippen LogP contribution is -2.51. The summed E-state index contributed by atoms with van der Waals surface area (Å²) in [6, 6.07) is 6.46. The van der Waals surface area contributed by atoms with Gasteiger partial charge in [-0.1, -0.05) is 17.3 Å². The van der Waals surface area contributed by atoms with Gasteiger partial charge < -0.3 is 19.5 Å². The van der Waals surface area contributed by atoms with Crippen molar-refractivity contribution in [3.63, 3.8) is 0 Å². The van der Waals surface area contributed by atoms with Gasteiger partial charge in [0, 0.05) is 26.6 Å². The summed E-state index contributed by atoms with van der Waals surface area (Å²) >= 11 is 0. The molecule has 7 nitrogen and oxygen atoms in total. The molecule has 2 aromatic rings. The van der Waals surface area contributed by atoms with Gasteiger partial charge in [0.05, 0.1) is 12.6 Å². The van der Waals surface area contributed by atoms with E-state index in [0.717, 1.165) is 18.1 Å². The summed E-state index contributed by atoms with van der Waals surface area (Å²) in [5.41, 5.74) is 0.958. The van der Waals surface area contributed by atoms with Gasteiger partial charge in [-0.2, -0.15) is 4.98 Å². The molecule has 0 saturated carbocycles. The highest BCUT2D eigenvalue weighted by atomic mass is 19.1. The molecule has 2 heterocycles. The molecule has 1 fully saturated rings. The maximum atomic E-state index is 13.2. The smallest absolute Gasteiger partial charge is 0.228 e. The third-order valence-corrected chi connectivity index (χ3v) is 4.21. The quantitative estimate of drug-likeness (QED) is 0.664. The van der Waals surface area contributed by atoms with E-state index < -0.39 is 0 Å². The van der Waals surface area contributed by atoms with Gasteiger partial charge >= 0.3 is 0 Å². The van der Waals surface area contributed by atoms with Crippen LogP contribution in [-0.4, -0.2) is 53.8 Å². The third kappa shape index (κ3) is 4.57. The Morgan fingerprint density at radius 1 is 1.35 bits per heavy atom. The van der Waals surface area contributed by atoms with E-state index in [1.807, 2.05) is 6.92 Å². The number of benzene rings is 1. The average molecular weight is 361 g/mol. The van der Waals surface area contributed by atoms with E-state index in [9.17, 15) is 4.39 Å². The number of halogens is 1. The summed E-state index contributed by atoms with van der Waals surface area (Å²) < 4.78 is 24.3. The third-order valence-electron chi connectivity index (χ3n) is 4.21. The zero-order valence-electron chi connectivity index (χ0n) is 15.3. The molecule has 140 valence electrons. The highest BCUT2D eigenvalue weighted by Crippen LogP contribution is 2.25. The van der Waals surface area contributed by atoms with Crippen molar-refractivity contribution in [3.05, 3.63) is 47.4 Å². The van der Waals surface area contributed by atoms with Crippen molar-refractivity contribution in [1.82, 2.24) is 20.4 Å². The van der Waals surface area contributed by atoms with E-state index in [4.69, 9.17) is 9.26 Å². The fourth-order valence-electron chi connectivity index (χ4n) is 3.04. The first-order valence-electron chi connectivity index (χ1n) is 8.71. The first-order chi connectivity index (χ1) is 12.5. The number of rotatable bonds is 4. The monoisotopic (exact) mass is 361 g/mol. The summed E-state index contributed by atoms with van der Waals surface area (Å²) in [7, 11) is 1.76. The SMILES string of the molecule is CN=C(NCCc1nc(C)no1)N1CC(C)OC(c2ccc(F)cc2)C1. The molecule has 2 unspecified atom stereocenters. The number of hydrogen-bond donors (Lipinski definition) is 1. The molecular formula is C18H24FN5O2. The summed E-state index contributed by atoms with van der Waals surface area (Å²) in [5, 5.41) is 7.12. The Labute approximate surface area is 152 Å². The summed E-state index contributed by atoms with van der Waals surface area (Å²) in [6.45, 7) is 5.84. The molecule has 0 aliphatic carbocycles. The Morgan fingerprint density at radius 3 is 2.77 bits per heavy atom. The van der Waals surface area contributed by atoms with Crippen molar-refractivity contribution in [1.29, 1.82) is 0 Å². The second-order valence-corrected chi connectivity index (χ2v) is 6.35. The highest BCUT2D eigenvalue weighted by Gasteiger charge is 2.28. The van der Waals surface area contributed by atoms with Crippen molar-refractivity contribution in [2.75, 3.05) is 26.7 Å². The fraction of sp³-hybridized carbons (Fsp3) is 0.500. The Bertz CT molecular complexity index is 746. The molecule has 3 rings (SSSR count). The molecule has 1 saturated heterocycles. The van der Waals surface area contributed by atoms with Gasteiger partial charge in [-0.3, -0.25) is 4.99 Å². The molecule has 1 aliphatic heterocycles. The number of ether oxygens (including phenoxy) is 1. The molecule has 26 heavy (non-hydrogen) atoms. The predicted molar refractivity (Wildman–Crippen MR) is 95.4 cm³/mol. The van der Waals surface area contributed by atoms with Gasteiger partial charge in [0.1, 0.15) is 11.9 Å². The molecular weight excluding hydrogens is 337 g/mol. The molecule has 8 heteroatoms. The van der Waals surface area contributed by atoms with E-state index in [2.05, 4.69) is 25.3 Å². The Morgan fingerprint density at radius 2 is 2.12 bits per heavy atom. The lowest BCUT2D eigenvalue weighted by Gasteiger charge is -2.38. The molecule has 1 N–H and O–H groups in total. The maximum Gasteiger partial charge on any atom is 0.228 e. The fourth-order valence-corrected chi connectivity index (χ4v) is 3.04. The number of nitrogens with one attached hydrogen (secondary N) is 1. The van der Waals surface area contributed by atoms with Gasteiger partial charge in [-0.05, 0) is 31.5 Å². The van der Waals surface area contributed by atoms with Crippen LogP contribution in [0.25, 0.3) is 0 Å². The molecule has 0 radical (unpaired) electrons. The second kappa shape index (κ2) is 8.27. The highest BCUT2D eigenvalue weighted by molar-refractivity contribution is 5.80. The predicted octanol–water partition coefficient (Wildman–Crippen LogP) is 2.10. The molecule has 0 spiro atoms. The van der Waals surface area contributed by atoms with E-state index in [0.29, 0.717) is 31.2 Å². The van der Waals surface area contributed by atoms with E-state index in [-0.39, 0.29) is 18.0 Å². The minimum Gasteiger partial charge on any atom is -0.367 e. The lowest BCUT2D eigenvalue weighted by molar-refractivity contribution is -0.0605. The summed E-state index contributed by atoms with van der Waals surface area (Å²) in [4.78, 5) is 10.7. The van der Waals surface area contributed by atoms with Crippen molar-refractivity contribution in [2.24, 2.45) is 4.99 Å². The van der Waals surface area contributed by atoms with Crippen LogP contribution >= 0.6 is 0 Å². The number of aliphatic imine (C=N–C) groups is 1. The van der Waals surface area contributed by atoms with Crippen LogP contribution in [0.2, 0.25) is 0 Å². The standard InChI is InChI=1S/C18H24FN5O2/c1-12-10-24(11-16(25-12)14-4-6-15(19)7-5-14)18(20-3)21-9-8-17-22-13(2)23-26-17/h4-7,12,16H,8-11H2,1-3H3,(H,20,21). The minimum atomic E-state index is -0.247. The molecule has 2 atom stereocenters. The van der Waals surface area contributed by atoms with Crippen LogP contribution in [0.15, 0.2) is 33.8 Å². The van der Waals surface area contributed by atoms with Crippen LogP contribution in [0, 0.1) is 12.7 Å². The number of guanidine groups is 1. The van der Waals surface area contributed by atoms with Crippen LogP contribution in [-0.2, 0) is 11.2 Å². The van der Waals surface area contributed by atoms with Crippen molar-refractivity contribution >= 4 is 5.96 Å². The van der Waals surface area contributed by atoms with Crippen LogP contribution in [0.5, 0.6) is 0 Å². The van der Waals surface area contributed by atoms with Crippen LogP contribution in [0.4, 0.5) is 4.39 Å². The lowest BCUT2D eigenvalue weighted by atomic mass is 10.1. The second-order valence-electron chi connectivity index (χ2n) is 6.35. The number of hydrogen-bond acceptors (Lipinski definition) is 5. The number of nitrogens with zero attached hydrogens (tertiary/aromatic N) is 4. The van der Waals surface area contributed by atoms with E-state index in [1.165, 1.54) is 12.1 Å². The van der Waals surface area contributed by atoms with E-state index >= 15 is 0 Å². The largest absolute Gasteiger partial charge is 0.367 e. The van der Waals surface area contributed by atoms with E-state index in [1.54, 1.807) is 26.1 Å². The molecule has 1 aliphatic rings. The zero-order chi connectivity index (χ0) is 18.5. The molecule has 0 amide bonds. The van der Waals surface area contributed by atoms with Crippen molar-refractivity contribution in [3.8, 4) is 0 Å². The molecule has 1 aromatic heterocycles. The van der Waals surface area contributed by atoms with Gasteiger partial charge in [0.15, 0.2) is 11.8 Å². The maximum absolute atomic E-state index is 13.2. The Kier molecular flexibility index (Phi) is 5.82. The first-order valence-corrected chi connectivity index (χ1v) is 8.71. The van der Waals surface area contributed by atoms with Gasteiger partial charge in [0.2, 0.25) is 5.89 Å².